The van der Waals surface area contributed by atoms with Gasteiger partial charge in [0.2, 0.25) is 0 Å². The number of unbranched alkanes of at least 4 members (excludes halogenated alkanes) is 48. The molecule has 0 saturated carbocycles. The highest BCUT2D eigenvalue weighted by atomic mass is 31.2. The number of carbonyl (C=O) groups excluding carboxylic acids is 4. The summed E-state index contributed by atoms with van der Waals surface area (Å²) in [6.07, 6.45) is 62.4. The second kappa shape index (κ2) is 73.2. The fourth-order valence-corrected chi connectivity index (χ4v) is 14.4. The van der Waals surface area contributed by atoms with Gasteiger partial charge in [-0.3, -0.25) is 37.3 Å². The fraction of sp³-hybridized carbons (Fsp3) is 0.952. The van der Waals surface area contributed by atoms with Crippen molar-refractivity contribution in [3.05, 3.63) is 0 Å². The molecule has 6 atom stereocenters. The zero-order valence-electron chi connectivity index (χ0n) is 67.1. The molecule has 606 valence electrons. The molecule has 0 saturated heterocycles. The molecule has 0 amide bonds. The van der Waals surface area contributed by atoms with Crippen molar-refractivity contribution < 1.29 is 80.2 Å². The molecule has 17 nitrogen and oxygen atoms in total. The van der Waals surface area contributed by atoms with Gasteiger partial charge in [0.25, 0.3) is 0 Å². The minimum absolute atomic E-state index is 0.106. The van der Waals surface area contributed by atoms with Crippen LogP contribution in [-0.4, -0.2) is 96.7 Å². The molecule has 3 unspecified atom stereocenters. The maximum atomic E-state index is 13.1. The zero-order chi connectivity index (χ0) is 75.1. The lowest BCUT2D eigenvalue weighted by molar-refractivity contribution is -0.161. The van der Waals surface area contributed by atoms with Gasteiger partial charge in [0, 0.05) is 25.7 Å². The molecule has 0 aliphatic heterocycles. The molecule has 0 aromatic heterocycles. The second-order valence-electron chi connectivity index (χ2n) is 31.1. The van der Waals surface area contributed by atoms with E-state index in [9.17, 15) is 43.2 Å². The van der Waals surface area contributed by atoms with Crippen molar-refractivity contribution in [3.63, 3.8) is 0 Å². The van der Waals surface area contributed by atoms with Crippen LogP contribution in [0.25, 0.3) is 0 Å². The van der Waals surface area contributed by atoms with Gasteiger partial charge >= 0.3 is 39.5 Å². The summed E-state index contributed by atoms with van der Waals surface area (Å²) in [6.45, 7) is 12.0. The van der Waals surface area contributed by atoms with Crippen molar-refractivity contribution in [3.8, 4) is 0 Å². The second-order valence-corrected chi connectivity index (χ2v) is 34.0. The van der Waals surface area contributed by atoms with Gasteiger partial charge in [-0.1, -0.05) is 382 Å². The summed E-state index contributed by atoms with van der Waals surface area (Å²) < 4.78 is 68.8. The fourth-order valence-electron chi connectivity index (χ4n) is 12.8. The predicted octanol–water partition coefficient (Wildman–Crippen LogP) is 24.9. The van der Waals surface area contributed by atoms with Gasteiger partial charge in [-0.2, -0.15) is 0 Å². The Morgan fingerprint density at radius 2 is 0.500 bits per heavy atom. The van der Waals surface area contributed by atoms with Crippen LogP contribution in [-0.2, 0) is 65.4 Å². The van der Waals surface area contributed by atoms with Crippen molar-refractivity contribution in [2.75, 3.05) is 39.6 Å². The largest absolute Gasteiger partial charge is 0.472 e. The van der Waals surface area contributed by atoms with Gasteiger partial charge in [0.1, 0.15) is 19.3 Å². The summed E-state index contributed by atoms with van der Waals surface area (Å²) >= 11 is 0. The quantitative estimate of drug-likeness (QED) is 0.0222. The zero-order valence-corrected chi connectivity index (χ0v) is 68.9. The summed E-state index contributed by atoms with van der Waals surface area (Å²) in [5, 5.41) is 10.7. The van der Waals surface area contributed by atoms with Crippen molar-refractivity contribution in [2.45, 2.75) is 452 Å². The molecular formula is C83H162O17P2. The Labute approximate surface area is 626 Å². The first kappa shape index (κ1) is 100. The van der Waals surface area contributed by atoms with E-state index >= 15 is 0 Å². The van der Waals surface area contributed by atoms with Crippen LogP contribution in [0.1, 0.15) is 434 Å². The minimum atomic E-state index is -4.96. The average molecular weight is 1490 g/mol. The maximum absolute atomic E-state index is 13.1. The minimum Gasteiger partial charge on any atom is -0.462 e. The van der Waals surface area contributed by atoms with Crippen LogP contribution in [0.3, 0.4) is 0 Å². The number of ether oxygens (including phenoxy) is 4. The third kappa shape index (κ3) is 74.9. The molecule has 3 N–H and O–H groups in total. The van der Waals surface area contributed by atoms with Gasteiger partial charge < -0.3 is 33.8 Å². The molecule has 0 aromatic rings. The van der Waals surface area contributed by atoms with Crippen LogP contribution in [0.15, 0.2) is 0 Å². The Kier molecular flexibility index (Phi) is 71.8. The molecule has 0 heterocycles. The van der Waals surface area contributed by atoms with E-state index in [1.165, 1.54) is 244 Å². The van der Waals surface area contributed by atoms with Crippen LogP contribution in [0, 0.1) is 17.8 Å². The Hall–Kier alpha value is -1.94. The number of hydrogen-bond acceptors (Lipinski definition) is 15. The molecule has 0 spiro atoms. The number of aliphatic hydroxyl groups excluding tert-OH is 1. The normalized spacial score (nSPS) is 14.2. The predicted molar refractivity (Wildman–Crippen MR) is 418 cm³/mol. The Balaban J connectivity index is 5.26. The van der Waals surface area contributed by atoms with Crippen LogP contribution in [0.5, 0.6) is 0 Å². The van der Waals surface area contributed by atoms with E-state index in [2.05, 4.69) is 48.5 Å². The first-order chi connectivity index (χ1) is 49.3. The van der Waals surface area contributed by atoms with Crippen LogP contribution >= 0.6 is 15.6 Å². The van der Waals surface area contributed by atoms with Crippen molar-refractivity contribution in [1.82, 2.24) is 0 Å². The van der Waals surface area contributed by atoms with Crippen molar-refractivity contribution >= 4 is 39.5 Å². The van der Waals surface area contributed by atoms with Gasteiger partial charge in [0.05, 0.1) is 26.4 Å². The molecule has 0 fully saturated rings. The smallest absolute Gasteiger partial charge is 0.462 e. The first-order valence-corrected chi connectivity index (χ1v) is 45.9. The SMILES string of the molecule is CCCCCCCCCCCCCCCCCCCCCCC(=O)O[C@H](COC(=O)CCCCCCCCCCCCCCCC(C)C)COP(=O)(O)OC[C@@H](O)COP(=O)(O)OC[C@@H](COC(=O)CCCCCCCCCCC(C)CC)OC(=O)CCCCCCCCCCCCCC(C)C. The van der Waals surface area contributed by atoms with E-state index in [4.69, 9.17) is 37.0 Å². The Morgan fingerprint density at radius 1 is 0.284 bits per heavy atom. The van der Waals surface area contributed by atoms with E-state index in [0.717, 1.165) is 108 Å². The summed E-state index contributed by atoms with van der Waals surface area (Å²) in [5.74, 6) is 0.225. The lowest BCUT2D eigenvalue weighted by Crippen LogP contribution is -2.30. The standard InChI is InChI=1S/C83H162O17P2/c1-8-10-11-12-13-14-15-16-17-18-19-20-21-22-25-31-36-45-52-59-66-82(87)99-78(70-93-80(85)64-57-50-43-35-30-26-23-24-28-33-40-47-54-61-74(3)4)72-97-101(89,90)95-68-77(84)69-96-102(91,92)98-73-79(71-94-81(86)65-58-51-44-39-38-42-49-56-63-76(7)9-2)100-83(88)67-60-53-46-37-32-27-29-34-41-48-55-62-75(5)6/h74-79,84H,8-73H2,1-7H3,(H,89,90)(H,91,92)/t76?,77-,78-,79-/m1/s1. The van der Waals surface area contributed by atoms with Gasteiger partial charge in [-0.05, 0) is 43.4 Å². The van der Waals surface area contributed by atoms with E-state index in [0.29, 0.717) is 25.7 Å². The molecule has 0 radical (unpaired) electrons. The third-order valence-electron chi connectivity index (χ3n) is 19.7. The molecular weight excluding hydrogens is 1330 g/mol. The first-order valence-electron chi connectivity index (χ1n) is 42.9. The number of phosphoric acid groups is 2. The lowest BCUT2D eigenvalue weighted by Gasteiger charge is -2.21. The van der Waals surface area contributed by atoms with Gasteiger partial charge in [-0.15, -0.1) is 0 Å². The number of aliphatic hydroxyl groups is 1. The van der Waals surface area contributed by atoms with Gasteiger partial charge in [-0.25, -0.2) is 9.13 Å². The highest BCUT2D eigenvalue weighted by Gasteiger charge is 2.30. The topological polar surface area (TPSA) is 237 Å². The van der Waals surface area contributed by atoms with E-state index in [-0.39, 0.29) is 25.7 Å². The summed E-state index contributed by atoms with van der Waals surface area (Å²) in [4.78, 5) is 73.1. The summed E-state index contributed by atoms with van der Waals surface area (Å²) in [7, 11) is -9.93. The molecule has 0 aromatic carbocycles. The molecule has 19 heteroatoms. The van der Waals surface area contributed by atoms with Crippen LogP contribution in [0.4, 0.5) is 0 Å². The number of hydrogen-bond donors (Lipinski definition) is 3. The van der Waals surface area contributed by atoms with E-state index in [1.54, 1.807) is 0 Å². The lowest BCUT2D eigenvalue weighted by atomic mass is 9.99. The van der Waals surface area contributed by atoms with Crippen LogP contribution in [0.2, 0.25) is 0 Å². The summed E-state index contributed by atoms with van der Waals surface area (Å²) in [5.41, 5.74) is 0. The molecule has 102 heavy (non-hydrogen) atoms. The number of phosphoric ester groups is 2. The molecule has 0 rings (SSSR count). The number of rotatable bonds is 81. The monoisotopic (exact) mass is 1490 g/mol. The van der Waals surface area contributed by atoms with Crippen LogP contribution < -0.4 is 0 Å². The molecule has 0 aliphatic rings. The maximum Gasteiger partial charge on any atom is 0.472 e. The highest BCUT2D eigenvalue weighted by molar-refractivity contribution is 7.47. The van der Waals surface area contributed by atoms with E-state index < -0.39 is 97.5 Å². The van der Waals surface area contributed by atoms with E-state index in [1.807, 2.05) is 0 Å². The average Bonchev–Trinajstić information content (AvgIpc) is 0.940. The summed E-state index contributed by atoms with van der Waals surface area (Å²) in [6, 6.07) is 0. The number of carbonyl (C=O) groups is 4. The van der Waals surface area contributed by atoms with Crippen molar-refractivity contribution in [2.24, 2.45) is 17.8 Å². The molecule has 0 bridgehead atoms. The highest BCUT2D eigenvalue weighted by Crippen LogP contribution is 2.45. The van der Waals surface area contributed by atoms with Gasteiger partial charge in [0.15, 0.2) is 12.2 Å². The Morgan fingerprint density at radius 3 is 0.745 bits per heavy atom. The Bertz CT molecular complexity index is 1980. The number of esters is 4. The van der Waals surface area contributed by atoms with Crippen molar-refractivity contribution in [1.29, 1.82) is 0 Å². The molecule has 0 aliphatic carbocycles. The third-order valence-corrected chi connectivity index (χ3v) is 21.6.